The first-order chi connectivity index (χ1) is 8.44. The van der Waals surface area contributed by atoms with Crippen molar-refractivity contribution in [1.82, 2.24) is 0 Å². The molecule has 5 heteroatoms. The van der Waals surface area contributed by atoms with E-state index in [-0.39, 0.29) is 5.75 Å². The number of hydrogen-bond acceptors (Lipinski definition) is 3. The molecule has 0 heterocycles. The summed E-state index contributed by atoms with van der Waals surface area (Å²) in [4.78, 5) is 0. The van der Waals surface area contributed by atoms with E-state index in [0.29, 0.717) is 19.5 Å². The minimum atomic E-state index is -3.25. The highest BCUT2D eigenvalue weighted by Gasteiger charge is 2.22. The minimum absolute atomic E-state index is 0.103. The van der Waals surface area contributed by atoms with E-state index in [1.807, 2.05) is 32.0 Å². The Morgan fingerprint density at radius 1 is 1.22 bits per heavy atom. The molecule has 0 fully saturated rings. The highest BCUT2D eigenvalue weighted by Crippen LogP contribution is 2.27. The van der Waals surface area contributed by atoms with Gasteiger partial charge in [-0.05, 0) is 44.9 Å². The molecule has 0 saturated carbocycles. The van der Waals surface area contributed by atoms with Crippen LogP contribution in [0.1, 0.15) is 24.5 Å². The van der Waals surface area contributed by atoms with Crippen molar-refractivity contribution >= 4 is 15.7 Å². The lowest BCUT2D eigenvalue weighted by Gasteiger charge is -2.27. The molecule has 0 radical (unpaired) electrons. The summed E-state index contributed by atoms with van der Waals surface area (Å²) in [6.07, 6.45) is 0.660. The van der Waals surface area contributed by atoms with Gasteiger partial charge in [0.1, 0.15) is 0 Å². The number of aryl methyl sites for hydroxylation is 2. The van der Waals surface area contributed by atoms with Crippen molar-refractivity contribution in [2.75, 3.05) is 23.1 Å². The molecule has 0 aliphatic carbocycles. The Kier molecular flexibility index (Phi) is 5.16. The van der Waals surface area contributed by atoms with Crippen LogP contribution in [0.5, 0.6) is 0 Å². The van der Waals surface area contributed by atoms with E-state index >= 15 is 0 Å². The monoisotopic (exact) mass is 270 g/mol. The number of nitrogens with zero attached hydrogens (tertiary/aromatic N) is 1. The Morgan fingerprint density at radius 3 is 2.22 bits per heavy atom. The molecule has 0 amide bonds. The summed E-state index contributed by atoms with van der Waals surface area (Å²) >= 11 is 0. The SMILES string of the molecule is CCS(=O)(=O)N(CCCN)c1c(C)cccc1C. The van der Waals surface area contributed by atoms with E-state index in [1.54, 1.807) is 6.92 Å². The highest BCUT2D eigenvalue weighted by molar-refractivity contribution is 7.92. The molecule has 0 saturated heterocycles. The molecule has 0 aliphatic heterocycles. The van der Waals surface area contributed by atoms with Gasteiger partial charge in [-0.2, -0.15) is 0 Å². The van der Waals surface area contributed by atoms with Crippen LogP contribution in [0.2, 0.25) is 0 Å². The van der Waals surface area contributed by atoms with Crippen molar-refractivity contribution in [1.29, 1.82) is 0 Å². The molecular formula is C13H22N2O2S. The summed E-state index contributed by atoms with van der Waals surface area (Å²) in [5, 5.41) is 0. The lowest BCUT2D eigenvalue weighted by Crippen LogP contribution is -2.35. The van der Waals surface area contributed by atoms with Crippen molar-refractivity contribution < 1.29 is 8.42 Å². The van der Waals surface area contributed by atoms with Crippen LogP contribution in [0.15, 0.2) is 18.2 Å². The number of anilines is 1. The van der Waals surface area contributed by atoms with Crippen molar-refractivity contribution in [3.8, 4) is 0 Å². The Balaban J connectivity index is 3.26. The van der Waals surface area contributed by atoms with Crippen molar-refractivity contribution in [3.05, 3.63) is 29.3 Å². The average molecular weight is 270 g/mol. The second kappa shape index (κ2) is 6.20. The Morgan fingerprint density at radius 2 is 1.78 bits per heavy atom. The lowest BCUT2D eigenvalue weighted by atomic mass is 10.1. The van der Waals surface area contributed by atoms with Gasteiger partial charge < -0.3 is 5.73 Å². The first-order valence-electron chi connectivity index (χ1n) is 6.20. The predicted octanol–water partition coefficient (Wildman–Crippen LogP) is 1.81. The van der Waals surface area contributed by atoms with Crippen LogP contribution in [0.25, 0.3) is 0 Å². The van der Waals surface area contributed by atoms with Gasteiger partial charge in [0.15, 0.2) is 0 Å². The third-order valence-corrected chi connectivity index (χ3v) is 4.72. The molecule has 1 aromatic rings. The molecule has 0 unspecified atom stereocenters. The highest BCUT2D eigenvalue weighted by atomic mass is 32.2. The maximum atomic E-state index is 12.2. The van der Waals surface area contributed by atoms with E-state index in [4.69, 9.17) is 5.73 Å². The Hall–Kier alpha value is -1.07. The van der Waals surface area contributed by atoms with E-state index in [0.717, 1.165) is 16.8 Å². The summed E-state index contributed by atoms with van der Waals surface area (Å²) < 4.78 is 25.9. The van der Waals surface area contributed by atoms with E-state index in [1.165, 1.54) is 4.31 Å². The largest absolute Gasteiger partial charge is 0.330 e. The van der Waals surface area contributed by atoms with Gasteiger partial charge in [-0.25, -0.2) is 8.42 Å². The fourth-order valence-corrected chi connectivity index (χ4v) is 3.26. The lowest BCUT2D eigenvalue weighted by molar-refractivity contribution is 0.590. The quantitative estimate of drug-likeness (QED) is 0.857. The molecule has 102 valence electrons. The third-order valence-electron chi connectivity index (χ3n) is 2.95. The zero-order valence-corrected chi connectivity index (χ0v) is 12.1. The molecule has 0 aromatic heterocycles. The number of para-hydroxylation sites is 1. The smallest absolute Gasteiger partial charge is 0.234 e. The van der Waals surface area contributed by atoms with Crippen LogP contribution in [-0.2, 0) is 10.0 Å². The van der Waals surface area contributed by atoms with Gasteiger partial charge in [0.05, 0.1) is 11.4 Å². The summed E-state index contributed by atoms with van der Waals surface area (Å²) in [5.74, 6) is 0.103. The van der Waals surface area contributed by atoms with Crippen molar-refractivity contribution in [2.24, 2.45) is 5.73 Å². The second-order valence-electron chi connectivity index (χ2n) is 4.36. The normalized spacial score (nSPS) is 11.6. The van der Waals surface area contributed by atoms with Crippen LogP contribution >= 0.6 is 0 Å². The molecule has 0 atom stereocenters. The number of benzene rings is 1. The van der Waals surface area contributed by atoms with Crippen molar-refractivity contribution in [2.45, 2.75) is 27.2 Å². The average Bonchev–Trinajstić information content (AvgIpc) is 2.32. The molecule has 4 nitrogen and oxygen atoms in total. The maximum absolute atomic E-state index is 12.2. The summed E-state index contributed by atoms with van der Waals surface area (Å²) in [6, 6.07) is 5.81. The molecule has 0 spiro atoms. The molecule has 2 N–H and O–H groups in total. The number of hydrogen-bond donors (Lipinski definition) is 1. The summed E-state index contributed by atoms with van der Waals surface area (Å²) in [5.41, 5.74) is 8.25. The van der Waals surface area contributed by atoms with Crippen LogP contribution in [0.4, 0.5) is 5.69 Å². The fourth-order valence-electron chi connectivity index (χ4n) is 1.98. The van der Waals surface area contributed by atoms with Gasteiger partial charge in [0.25, 0.3) is 0 Å². The van der Waals surface area contributed by atoms with E-state index in [2.05, 4.69) is 0 Å². The van der Waals surface area contributed by atoms with Gasteiger partial charge in [0.2, 0.25) is 10.0 Å². The first-order valence-corrected chi connectivity index (χ1v) is 7.81. The maximum Gasteiger partial charge on any atom is 0.234 e. The van der Waals surface area contributed by atoms with Crippen LogP contribution in [0.3, 0.4) is 0 Å². The fraction of sp³-hybridized carbons (Fsp3) is 0.538. The van der Waals surface area contributed by atoms with Crippen molar-refractivity contribution in [3.63, 3.8) is 0 Å². The van der Waals surface area contributed by atoms with E-state index < -0.39 is 10.0 Å². The van der Waals surface area contributed by atoms with Gasteiger partial charge in [-0.3, -0.25) is 4.31 Å². The topological polar surface area (TPSA) is 63.4 Å². The molecule has 0 aliphatic rings. The van der Waals surface area contributed by atoms with Crippen LogP contribution in [0, 0.1) is 13.8 Å². The molecule has 18 heavy (non-hydrogen) atoms. The molecule has 0 bridgehead atoms. The Bertz CT molecular complexity index is 477. The van der Waals surface area contributed by atoms with Crippen LogP contribution in [-0.4, -0.2) is 27.3 Å². The number of rotatable bonds is 6. The van der Waals surface area contributed by atoms with E-state index in [9.17, 15) is 8.42 Å². The van der Waals surface area contributed by atoms with Crippen LogP contribution < -0.4 is 10.0 Å². The standard InChI is InChI=1S/C13H22N2O2S/c1-4-18(16,17)15(10-6-9-14)13-11(2)7-5-8-12(13)3/h5,7-8H,4,6,9-10,14H2,1-3H3. The number of nitrogens with two attached hydrogens (primary N) is 1. The van der Waals surface area contributed by atoms with Gasteiger partial charge >= 0.3 is 0 Å². The molecular weight excluding hydrogens is 248 g/mol. The Labute approximate surface area is 110 Å². The number of sulfonamides is 1. The zero-order valence-electron chi connectivity index (χ0n) is 11.3. The predicted molar refractivity (Wildman–Crippen MR) is 76.4 cm³/mol. The summed E-state index contributed by atoms with van der Waals surface area (Å²) in [6.45, 7) is 6.46. The first kappa shape index (κ1) is 15.0. The van der Waals surface area contributed by atoms with Gasteiger partial charge in [-0.1, -0.05) is 18.2 Å². The minimum Gasteiger partial charge on any atom is -0.330 e. The third kappa shape index (κ3) is 3.23. The summed E-state index contributed by atoms with van der Waals surface area (Å²) in [7, 11) is -3.25. The molecule has 1 rings (SSSR count). The van der Waals surface area contributed by atoms with Gasteiger partial charge in [0, 0.05) is 6.54 Å². The zero-order chi connectivity index (χ0) is 13.8. The molecule has 1 aromatic carbocycles. The second-order valence-corrected chi connectivity index (χ2v) is 6.54. The van der Waals surface area contributed by atoms with Gasteiger partial charge in [-0.15, -0.1) is 0 Å².